The molecular weight excluding hydrogens is 521 g/mol. The van der Waals surface area contributed by atoms with E-state index in [2.05, 4.69) is 58.1 Å². The molecule has 0 aliphatic carbocycles. The molecule has 5 rings (SSSR count). The van der Waals surface area contributed by atoms with Gasteiger partial charge in [-0.15, -0.1) is 0 Å². The number of nitrogens with zero attached hydrogens (tertiary/aromatic N) is 4. The minimum atomic E-state index is -3.00. The predicted octanol–water partition coefficient (Wildman–Crippen LogP) is 6.03. The SMILES string of the molecule is CC(C)N1CCC(Oc2ccc(Nc3ncc(F)c(NC4CCN5C(CCC5(C)C)C4)n3)cc2OC(F)F)CC1. The first-order valence-electron chi connectivity index (χ1n) is 14.4. The number of halogens is 3. The number of fused-ring (bicyclic) bond motifs is 1. The van der Waals surface area contributed by atoms with Gasteiger partial charge in [0, 0.05) is 55.1 Å². The molecule has 3 fully saturated rings. The van der Waals surface area contributed by atoms with Gasteiger partial charge in [-0.25, -0.2) is 9.37 Å². The molecule has 220 valence electrons. The summed E-state index contributed by atoms with van der Waals surface area (Å²) >= 11 is 0. The van der Waals surface area contributed by atoms with Gasteiger partial charge in [0.05, 0.1) is 6.20 Å². The zero-order valence-corrected chi connectivity index (χ0v) is 23.8. The first-order valence-corrected chi connectivity index (χ1v) is 14.4. The van der Waals surface area contributed by atoms with Gasteiger partial charge >= 0.3 is 6.61 Å². The highest BCUT2D eigenvalue weighted by Crippen LogP contribution is 2.39. The van der Waals surface area contributed by atoms with Gasteiger partial charge in [0.2, 0.25) is 5.95 Å². The maximum Gasteiger partial charge on any atom is 0.387 e. The summed E-state index contributed by atoms with van der Waals surface area (Å²) in [6.45, 7) is 8.63. The number of hydrogen-bond acceptors (Lipinski definition) is 8. The van der Waals surface area contributed by atoms with Gasteiger partial charge in [-0.05, 0) is 78.4 Å². The van der Waals surface area contributed by atoms with Gasteiger partial charge in [-0.3, -0.25) is 4.90 Å². The lowest BCUT2D eigenvalue weighted by Crippen LogP contribution is -2.50. The Hall–Kier alpha value is -2.79. The van der Waals surface area contributed by atoms with Crippen LogP contribution in [0.15, 0.2) is 24.4 Å². The normalized spacial score (nSPS) is 23.8. The first kappa shape index (κ1) is 28.7. The molecule has 1 aromatic carbocycles. The molecule has 0 saturated carbocycles. The Bertz CT molecular complexity index is 1160. The Morgan fingerprint density at radius 3 is 2.55 bits per heavy atom. The van der Waals surface area contributed by atoms with Crippen LogP contribution < -0.4 is 20.1 Å². The summed E-state index contributed by atoms with van der Waals surface area (Å²) in [5.41, 5.74) is 0.642. The largest absolute Gasteiger partial charge is 0.486 e. The number of nitrogens with one attached hydrogen (secondary N) is 2. The number of benzene rings is 1. The average Bonchev–Trinajstić information content (AvgIpc) is 3.21. The van der Waals surface area contributed by atoms with E-state index >= 15 is 0 Å². The number of hydrogen-bond donors (Lipinski definition) is 2. The maximum absolute atomic E-state index is 14.7. The van der Waals surface area contributed by atoms with Crippen molar-refractivity contribution in [2.24, 2.45) is 0 Å². The Labute approximate surface area is 234 Å². The molecule has 1 aromatic heterocycles. The summed E-state index contributed by atoms with van der Waals surface area (Å²) in [6, 6.07) is 5.79. The Balaban J connectivity index is 1.24. The van der Waals surface area contributed by atoms with Crippen LogP contribution in [0, 0.1) is 5.82 Å². The van der Waals surface area contributed by atoms with Crippen LogP contribution >= 0.6 is 0 Å². The van der Waals surface area contributed by atoms with Crippen LogP contribution in [0.4, 0.5) is 30.6 Å². The average molecular weight is 563 g/mol. The molecule has 2 atom stereocenters. The molecule has 0 amide bonds. The third-order valence-electron chi connectivity index (χ3n) is 8.58. The van der Waals surface area contributed by atoms with E-state index in [4.69, 9.17) is 9.47 Å². The molecule has 3 aliphatic rings. The smallest absolute Gasteiger partial charge is 0.387 e. The highest BCUT2D eigenvalue weighted by molar-refractivity contribution is 5.60. The Morgan fingerprint density at radius 1 is 1.05 bits per heavy atom. The van der Waals surface area contributed by atoms with E-state index in [0.29, 0.717) is 17.8 Å². The van der Waals surface area contributed by atoms with Crippen molar-refractivity contribution in [3.8, 4) is 11.5 Å². The first-order chi connectivity index (χ1) is 19.1. The van der Waals surface area contributed by atoms with Gasteiger partial charge in [0.1, 0.15) is 6.10 Å². The number of anilines is 3. The lowest BCUT2D eigenvalue weighted by Gasteiger charge is -2.42. The lowest BCUT2D eigenvalue weighted by molar-refractivity contribution is -0.0525. The van der Waals surface area contributed by atoms with Crippen LogP contribution in [0.5, 0.6) is 11.5 Å². The lowest BCUT2D eigenvalue weighted by atomic mass is 9.97. The molecule has 3 saturated heterocycles. The number of likely N-dealkylation sites (tertiary alicyclic amines) is 1. The summed E-state index contributed by atoms with van der Waals surface area (Å²) < 4.78 is 52.0. The van der Waals surface area contributed by atoms with Crippen LogP contribution in [0.1, 0.15) is 66.2 Å². The minimum absolute atomic E-state index is 0.0713. The van der Waals surface area contributed by atoms with Crippen molar-refractivity contribution < 1.29 is 22.6 Å². The molecule has 11 heteroatoms. The zero-order valence-electron chi connectivity index (χ0n) is 23.8. The van der Waals surface area contributed by atoms with Gasteiger partial charge in [0.25, 0.3) is 0 Å². The molecule has 2 unspecified atom stereocenters. The van der Waals surface area contributed by atoms with E-state index in [1.54, 1.807) is 12.1 Å². The molecule has 3 aliphatic heterocycles. The van der Waals surface area contributed by atoms with Crippen molar-refractivity contribution in [3.05, 3.63) is 30.2 Å². The summed E-state index contributed by atoms with van der Waals surface area (Å²) in [5.74, 6) is -0.0598. The van der Waals surface area contributed by atoms with Crippen molar-refractivity contribution in [1.82, 2.24) is 19.8 Å². The number of ether oxygens (including phenoxy) is 2. The third-order valence-corrected chi connectivity index (χ3v) is 8.58. The molecule has 8 nitrogen and oxygen atoms in total. The van der Waals surface area contributed by atoms with Gasteiger partial charge in [0.15, 0.2) is 23.1 Å². The topological polar surface area (TPSA) is 74.8 Å². The fourth-order valence-electron chi connectivity index (χ4n) is 6.33. The Morgan fingerprint density at radius 2 is 1.82 bits per heavy atom. The second-order valence-electron chi connectivity index (χ2n) is 12.1. The molecule has 2 aromatic rings. The van der Waals surface area contributed by atoms with Crippen LogP contribution in [0.2, 0.25) is 0 Å². The van der Waals surface area contributed by atoms with Gasteiger partial charge in [-0.1, -0.05) is 0 Å². The molecule has 0 radical (unpaired) electrons. The van der Waals surface area contributed by atoms with Crippen molar-refractivity contribution in [3.63, 3.8) is 0 Å². The number of alkyl halides is 2. The fraction of sp³-hybridized carbons (Fsp3) is 0.655. The summed E-state index contributed by atoms with van der Waals surface area (Å²) in [4.78, 5) is 13.3. The standard InChI is InChI=1S/C29H41F3N6O2/c1-18(2)37-12-9-22(10-13-37)39-24-6-5-19(16-25(24)40-27(31)32)35-28-33-17-23(30)26(36-28)34-20-8-14-38-21(15-20)7-11-29(38,3)4/h5-6,16-18,20-22,27H,7-15H2,1-4H3,(H2,33,34,35,36). The van der Waals surface area contributed by atoms with E-state index in [-0.39, 0.29) is 40.9 Å². The van der Waals surface area contributed by atoms with Gasteiger partial charge in [-0.2, -0.15) is 13.8 Å². The van der Waals surface area contributed by atoms with E-state index < -0.39 is 12.4 Å². The second kappa shape index (κ2) is 12.0. The molecule has 4 heterocycles. The van der Waals surface area contributed by atoms with Crippen LogP contribution in [0.25, 0.3) is 0 Å². The Kier molecular flexibility index (Phi) is 8.61. The van der Waals surface area contributed by atoms with Crippen molar-refractivity contribution in [1.29, 1.82) is 0 Å². The zero-order chi connectivity index (χ0) is 28.4. The number of aromatic nitrogens is 2. The van der Waals surface area contributed by atoms with Crippen LogP contribution in [-0.4, -0.2) is 75.8 Å². The number of rotatable bonds is 9. The van der Waals surface area contributed by atoms with Gasteiger partial charge < -0.3 is 25.0 Å². The molecular formula is C29H41F3N6O2. The molecule has 0 spiro atoms. The summed E-state index contributed by atoms with van der Waals surface area (Å²) in [6.07, 6.45) is 6.79. The molecule has 2 N–H and O–H groups in total. The summed E-state index contributed by atoms with van der Waals surface area (Å²) in [5, 5.41) is 6.27. The van der Waals surface area contributed by atoms with Crippen molar-refractivity contribution in [2.45, 2.75) is 103 Å². The third kappa shape index (κ3) is 6.74. The molecule has 40 heavy (non-hydrogen) atoms. The van der Waals surface area contributed by atoms with E-state index in [1.165, 1.54) is 12.5 Å². The quantitative estimate of drug-likeness (QED) is 0.384. The fourth-order valence-corrected chi connectivity index (χ4v) is 6.33. The highest BCUT2D eigenvalue weighted by atomic mass is 19.3. The van der Waals surface area contributed by atoms with Crippen LogP contribution in [-0.2, 0) is 0 Å². The van der Waals surface area contributed by atoms with E-state index in [1.807, 2.05) is 0 Å². The summed E-state index contributed by atoms with van der Waals surface area (Å²) in [7, 11) is 0. The van der Waals surface area contributed by atoms with E-state index in [9.17, 15) is 13.2 Å². The van der Waals surface area contributed by atoms with Crippen LogP contribution in [0.3, 0.4) is 0 Å². The monoisotopic (exact) mass is 562 g/mol. The molecule has 0 bridgehead atoms. The predicted molar refractivity (Wildman–Crippen MR) is 149 cm³/mol. The minimum Gasteiger partial charge on any atom is -0.486 e. The maximum atomic E-state index is 14.7. The second-order valence-corrected chi connectivity index (χ2v) is 12.1. The highest BCUT2D eigenvalue weighted by Gasteiger charge is 2.42. The van der Waals surface area contributed by atoms with Crippen molar-refractivity contribution in [2.75, 3.05) is 30.3 Å². The number of piperidine rings is 2. The van der Waals surface area contributed by atoms with Crippen molar-refractivity contribution >= 4 is 17.5 Å². The van der Waals surface area contributed by atoms with E-state index in [0.717, 1.165) is 57.9 Å².